The van der Waals surface area contributed by atoms with Gasteiger partial charge in [-0.2, -0.15) is 0 Å². The Kier molecular flexibility index (Phi) is 3.23. The highest BCUT2D eigenvalue weighted by atomic mass is 16.6. The molecule has 0 atom stereocenters. The fourth-order valence-corrected chi connectivity index (χ4v) is 2.42. The molecule has 6 nitrogen and oxygen atoms in total. The van der Waals surface area contributed by atoms with Gasteiger partial charge in [0, 0.05) is 43.7 Å². The van der Waals surface area contributed by atoms with E-state index in [1.807, 2.05) is 12.1 Å². The number of rotatable bonds is 2. The van der Waals surface area contributed by atoms with Crippen molar-refractivity contribution in [2.45, 2.75) is 0 Å². The molecule has 0 aliphatic carbocycles. The summed E-state index contributed by atoms with van der Waals surface area (Å²) in [6.07, 6.45) is 0. The Balaban J connectivity index is 1.94. The summed E-state index contributed by atoms with van der Waals surface area (Å²) < 4.78 is 0. The minimum atomic E-state index is -0.385. The number of aromatic nitrogens is 1. The minimum Gasteiger partial charge on any atom is -0.354 e. The monoisotopic (exact) mass is 272 g/mol. The van der Waals surface area contributed by atoms with Crippen LogP contribution in [-0.2, 0) is 0 Å². The molecule has 104 valence electrons. The number of likely N-dealkylation sites (N-methyl/N-ethyl adjacent to an activating group) is 1. The molecule has 2 aromatic rings. The zero-order valence-electron chi connectivity index (χ0n) is 11.3. The Hall–Kier alpha value is -2.21. The normalized spacial score (nSPS) is 16.6. The number of benzene rings is 1. The molecule has 0 spiro atoms. The number of hydrogen-bond donors (Lipinski definition) is 0. The van der Waals surface area contributed by atoms with E-state index in [0.29, 0.717) is 5.52 Å². The van der Waals surface area contributed by atoms with Gasteiger partial charge in [-0.1, -0.05) is 0 Å². The van der Waals surface area contributed by atoms with E-state index in [1.54, 1.807) is 6.07 Å². The average Bonchev–Trinajstić information content (AvgIpc) is 2.47. The van der Waals surface area contributed by atoms with Gasteiger partial charge in [0.25, 0.3) is 5.69 Å². The van der Waals surface area contributed by atoms with Crippen molar-refractivity contribution in [1.29, 1.82) is 0 Å². The number of non-ortho nitro benzene ring substituents is 1. The zero-order chi connectivity index (χ0) is 14.1. The molecule has 2 heterocycles. The SMILES string of the molecule is CN1CCN(c2ccc3ccc([N+](=O)[O-])cc3n2)CC1. The summed E-state index contributed by atoms with van der Waals surface area (Å²) in [5.41, 5.74) is 0.760. The summed E-state index contributed by atoms with van der Waals surface area (Å²) in [5, 5.41) is 11.8. The van der Waals surface area contributed by atoms with Crippen molar-refractivity contribution in [3.8, 4) is 0 Å². The summed E-state index contributed by atoms with van der Waals surface area (Å²) in [6, 6.07) is 8.75. The van der Waals surface area contributed by atoms with E-state index < -0.39 is 0 Å². The van der Waals surface area contributed by atoms with Crippen molar-refractivity contribution in [1.82, 2.24) is 9.88 Å². The summed E-state index contributed by atoms with van der Waals surface area (Å²) in [5.74, 6) is 0.895. The molecule has 3 rings (SSSR count). The third kappa shape index (κ3) is 2.42. The van der Waals surface area contributed by atoms with Gasteiger partial charge in [-0.3, -0.25) is 10.1 Å². The summed E-state index contributed by atoms with van der Waals surface area (Å²) in [6.45, 7) is 3.89. The summed E-state index contributed by atoms with van der Waals surface area (Å²) in [7, 11) is 2.11. The highest BCUT2D eigenvalue weighted by Crippen LogP contribution is 2.23. The number of piperazine rings is 1. The standard InChI is InChI=1S/C14H16N4O2/c1-16-6-8-17(9-7-16)14-5-3-11-2-4-12(18(19)20)10-13(11)15-14/h2-5,10H,6-9H2,1H3. The summed E-state index contributed by atoms with van der Waals surface area (Å²) >= 11 is 0. The van der Waals surface area contributed by atoms with Crippen molar-refractivity contribution in [2.75, 3.05) is 38.1 Å². The molecule has 0 unspecified atom stereocenters. The Morgan fingerprint density at radius 1 is 1.15 bits per heavy atom. The van der Waals surface area contributed by atoms with Crippen LogP contribution >= 0.6 is 0 Å². The number of anilines is 1. The predicted molar refractivity (Wildman–Crippen MR) is 78.1 cm³/mol. The van der Waals surface area contributed by atoms with Gasteiger partial charge in [0.05, 0.1) is 10.4 Å². The molecule has 0 N–H and O–H groups in total. The molecule has 1 aromatic heterocycles. The van der Waals surface area contributed by atoms with Gasteiger partial charge in [-0.05, 0) is 25.2 Å². The first-order valence-electron chi connectivity index (χ1n) is 6.62. The molecule has 1 aromatic carbocycles. The van der Waals surface area contributed by atoms with Gasteiger partial charge < -0.3 is 9.80 Å². The molecule has 20 heavy (non-hydrogen) atoms. The van der Waals surface area contributed by atoms with Gasteiger partial charge in [0.1, 0.15) is 5.82 Å². The second kappa shape index (κ2) is 5.05. The fraction of sp³-hybridized carbons (Fsp3) is 0.357. The number of nitrogens with zero attached hydrogens (tertiary/aromatic N) is 4. The second-order valence-electron chi connectivity index (χ2n) is 5.09. The Labute approximate surface area is 116 Å². The van der Waals surface area contributed by atoms with E-state index in [1.165, 1.54) is 12.1 Å². The summed E-state index contributed by atoms with van der Waals surface area (Å²) in [4.78, 5) is 19.5. The maximum absolute atomic E-state index is 10.8. The largest absolute Gasteiger partial charge is 0.354 e. The lowest BCUT2D eigenvalue weighted by Gasteiger charge is -2.33. The molecule has 0 amide bonds. The van der Waals surface area contributed by atoms with E-state index in [-0.39, 0.29) is 10.6 Å². The number of nitro benzene ring substituents is 1. The van der Waals surface area contributed by atoms with Crippen molar-refractivity contribution in [3.05, 3.63) is 40.4 Å². The zero-order valence-corrected chi connectivity index (χ0v) is 11.3. The van der Waals surface area contributed by atoms with Crippen molar-refractivity contribution < 1.29 is 4.92 Å². The molecule has 1 fully saturated rings. The van der Waals surface area contributed by atoms with Crippen LogP contribution in [-0.4, -0.2) is 48.0 Å². The first-order valence-corrected chi connectivity index (χ1v) is 6.62. The first-order chi connectivity index (χ1) is 9.63. The maximum Gasteiger partial charge on any atom is 0.271 e. The van der Waals surface area contributed by atoms with Crippen LogP contribution in [0.5, 0.6) is 0 Å². The Morgan fingerprint density at radius 2 is 1.85 bits per heavy atom. The fourth-order valence-electron chi connectivity index (χ4n) is 2.42. The van der Waals surface area contributed by atoms with E-state index >= 15 is 0 Å². The van der Waals surface area contributed by atoms with E-state index in [0.717, 1.165) is 37.4 Å². The molecule has 1 aliphatic rings. The lowest BCUT2D eigenvalue weighted by Crippen LogP contribution is -2.44. The molecule has 0 saturated carbocycles. The van der Waals surface area contributed by atoms with Gasteiger partial charge >= 0.3 is 0 Å². The van der Waals surface area contributed by atoms with Crippen LogP contribution in [0.2, 0.25) is 0 Å². The van der Waals surface area contributed by atoms with E-state index in [2.05, 4.69) is 21.8 Å². The lowest BCUT2D eigenvalue weighted by molar-refractivity contribution is -0.384. The molecular formula is C14H16N4O2. The number of pyridine rings is 1. The van der Waals surface area contributed by atoms with Crippen molar-refractivity contribution in [2.24, 2.45) is 0 Å². The lowest BCUT2D eigenvalue weighted by atomic mass is 10.2. The maximum atomic E-state index is 10.8. The third-order valence-electron chi connectivity index (χ3n) is 3.70. The minimum absolute atomic E-state index is 0.0838. The average molecular weight is 272 g/mol. The highest BCUT2D eigenvalue weighted by Gasteiger charge is 2.16. The van der Waals surface area contributed by atoms with Crippen molar-refractivity contribution >= 4 is 22.4 Å². The molecule has 0 radical (unpaired) electrons. The van der Waals surface area contributed by atoms with Crippen LogP contribution in [0.25, 0.3) is 10.9 Å². The van der Waals surface area contributed by atoms with Crippen LogP contribution in [0.3, 0.4) is 0 Å². The predicted octanol–water partition coefficient (Wildman–Crippen LogP) is 1.89. The van der Waals surface area contributed by atoms with Crippen molar-refractivity contribution in [3.63, 3.8) is 0 Å². The first kappa shape index (κ1) is 12.8. The van der Waals surface area contributed by atoms with E-state index in [9.17, 15) is 10.1 Å². The molecular weight excluding hydrogens is 256 g/mol. The van der Waals surface area contributed by atoms with Gasteiger partial charge in [-0.15, -0.1) is 0 Å². The quantitative estimate of drug-likeness (QED) is 0.617. The molecule has 6 heteroatoms. The van der Waals surface area contributed by atoms with E-state index in [4.69, 9.17) is 0 Å². The van der Waals surface area contributed by atoms with Gasteiger partial charge in [0.15, 0.2) is 0 Å². The molecule has 0 bridgehead atoms. The van der Waals surface area contributed by atoms with Crippen LogP contribution < -0.4 is 4.90 Å². The van der Waals surface area contributed by atoms with Gasteiger partial charge in [-0.25, -0.2) is 4.98 Å². The Bertz CT molecular complexity index is 651. The van der Waals surface area contributed by atoms with Crippen LogP contribution in [0.1, 0.15) is 0 Å². The molecule has 1 aliphatic heterocycles. The van der Waals surface area contributed by atoms with Gasteiger partial charge in [0.2, 0.25) is 0 Å². The number of hydrogen-bond acceptors (Lipinski definition) is 5. The van der Waals surface area contributed by atoms with Crippen LogP contribution in [0.15, 0.2) is 30.3 Å². The number of nitro groups is 1. The number of fused-ring (bicyclic) bond motifs is 1. The van der Waals surface area contributed by atoms with Crippen LogP contribution in [0.4, 0.5) is 11.5 Å². The molecule has 1 saturated heterocycles. The topological polar surface area (TPSA) is 62.5 Å². The smallest absolute Gasteiger partial charge is 0.271 e. The Morgan fingerprint density at radius 3 is 2.55 bits per heavy atom. The third-order valence-corrected chi connectivity index (χ3v) is 3.70. The second-order valence-corrected chi connectivity index (χ2v) is 5.09. The van der Waals surface area contributed by atoms with Crippen LogP contribution in [0, 0.1) is 10.1 Å². The highest BCUT2D eigenvalue weighted by molar-refractivity contribution is 5.82.